The first-order valence-electron chi connectivity index (χ1n) is 8.09. The first kappa shape index (κ1) is 21.9. The molecule has 1 amide bonds. The highest BCUT2D eigenvalue weighted by molar-refractivity contribution is 14.0. The van der Waals surface area contributed by atoms with Crippen LogP contribution in [-0.2, 0) is 17.6 Å². The molecule has 0 spiro atoms. The Morgan fingerprint density at radius 2 is 2.00 bits per heavy atom. The zero-order valence-electron chi connectivity index (χ0n) is 14.6. The van der Waals surface area contributed by atoms with Crippen molar-refractivity contribution in [3.63, 3.8) is 0 Å². The molecule has 2 rings (SSSR count). The monoisotopic (exact) mass is 474 g/mol. The molecule has 0 saturated carbocycles. The third-order valence-electron chi connectivity index (χ3n) is 3.78. The van der Waals surface area contributed by atoms with Crippen LogP contribution in [0.1, 0.15) is 11.3 Å². The molecule has 0 aliphatic rings. The lowest BCUT2D eigenvalue weighted by Crippen LogP contribution is -2.43. The van der Waals surface area contributed by atoms with Crippen molar-refractivity contribution in [1.29, 1.82) is 0 Å². The summed E-state index contributed by atoms with van der Waals surface area (Å²) in [6, 6.07) is 9.80. The van der Waals surface area contributed by atoms with Gasteiger partial charge in [-0.2, -0.15) is 0 Å². The van der Waals surface area contributed by atoms with E-state index in [4.69, 9.17) is 10.2 Å². The van der Waals surface area contributed by atoms with Gasteiger partial charge in [-0.25, -0.2) is 4.39 Å². The number of nitrogens with one attached hydrogen (secondary N) is 2. The first-order valence-corrected chi connectivity index (χ1v) is 8.09. The molecule has 0 saturated heterocycles. The quantitative estimate of drug-likeness (QED) is 0.311. The van der Waals surface area contributed by atoms with Gasteiger partial charge < -0.3 is 20.8 Å². The number of carbonyl (C=O) groups excluding carboxylic acids is 1. The number of primary amides is 1. The van der Waals surface area contributed by atoms with Crippen molar-refractivity contribution in [2.75, 3.05) is 20.1 Å². The lowest BCUT2D eigenvalue weighted by molar-refractivity contribution is -0.121. The number of carbonyl (C=O) groups is 1. The van der Waals surface area contributed by atoms with Crippen LogP contribution in [0.3, 0.4) is 0 Å². The van der Waals surface area contributed by atoms with Gasteiger partial charge in [-0.05, 0) is 36.2 Å². The minimum absolute atomic E-state index is 0. The molecule has 0 radical (unpaired) electrons. The van der Waals surface area contributed by atoms with E-state index in [1.165, 1.54) is 12.1 Å². The summed E-state index contributed by atoms with van der Waals surface area (Å²) >= 11 is 0. The van der Waals surface area contributed by atoms with E-state index in [0.29, 0.717) is 25.5 Å². The minimum Gasteiger partial charge on any atom is -0.469 e. The number of nitrogens with zero attached hydrogens (tertiary/aromatic N) is 1. The topological polar surface area (TPSA) is 92.7 Å². The molecule has 6 nitrogen and oxygen atoms in total. The average molecular weight is 474 g/mol. The van der Waals surface area contributed by atoms with Crippen LogP contribution in [0.5, 0.6) is 0 Å². The van der Waals surface area contributed by atoms with Gasteiger partial charge in [0.1, 0.15) is 11.6 Å². The van der Waals surface area contributed by atoms with E-state index in [1.807, 2.05) is 12.1 Å². The second-order valence-electron chi connectivity index (χ2n) is 5.64. The zero-order valence-corrected chi connectivity index (χ0v) is 16.9. The van der Waals surface area contributed by atoms with Gasteiger partial charge in [0, 0.05) is 26.6 Å². The van der Waals surface area contributed by atoms with Crippen LogP contribution in [0.15, 0.2) is 52.1 Å². The van der Waals surface area contributed by atoms with E-state index in [2.05, 4.69) is 15.6 Å². The Hall–Kier alpha value is -2.10. The molecular weight excluding hydrogens is 450 g/mol. The fourth-order valence-corrected chi connectivity index (χ4v) is 2.38. The van der Waals surface area contributed by atoms with Gasteiger partial charge in [-0.1, -0.05) is 12.1 Å². The van der Waals surface area contributed by atoms with Gasteiger partial charge in [0.25, 0.3) is 0 Å². The summed E-state index contributed by atoms with van der Waals surface area (Å²) in [7, 11) is 1.65. The van der Waals surface area contributed by atoms with Crippen LogP contribution in [-0.4, -0.2) is 32.0 Å². The van der Waals surface area contributed by atoms with Crippen molar-refractivity contribution >= 4 is 35.8 Å². The summed E-state index contributed by atoms with van der Waals surface area (Å²) in [4.78, 5) is 15.8. The van der Waals surface area contributed by atoms with Gasteiger partial charge in [0.2, 0.25) is 5.91 Å². The van der Waals surface area contributed by atoms with Crippen LogP contribution in [0.4, 0.5) is 4.39 Å². The van der Waals surface area contributed by atoms with Gasteiger partial charge in [-0.15, -0.1) is 24.0 Å². The maximum Gasteiger partial charge on any atom is 0.222 e. The number of guanidine groups is 1. The van der Waals surface area contributed by atoms with E-state index in [9.17, 15) is 9.18 Å². The van der Waals surface area contributed by atoms with E-state index in [1.54, 1.807) is 25.4 Å². The first-order chi connectivity index (χ1) is 12.1. The standard InChI is InChI=1S/C18H23FN4O2.HI/c1-21-18(22-9-8-16-3-2-10-25-16)23-12-14(17(20)24)11-13-4-6-15(19)7-5-13;/h2-7,10,14H,8-9,11-12H2,1H3,(H2,20,24)(H2,21,22,23);1H. The average Bonchev–Trinajstić information content (AvgIpc) is 3.11. The maximum atomic E-state index is 13.0. The highest BCUT2D eigenvalue weighted by Crippen LogP contribution is 2.09. The Morgan fingerprint density at radius 3 is 2.58 bits per heavy atom. The van der Waals surface area contributed by atoms with Gasteiger partial charge >= 0.3 is 0 Å². The Labute approximate surface area is 169 Å². The highest BCUT2D eigenvalue weighted by Gasteiger charge is 2.16. The number of hydrogen-bond acceptors (Lipinski definition) is 3. The molecule has 8 heteroatoms. The van der Waals surface area contributed by atoms with Crippen molar-refractivity contribution in [3.8, 4) is 0 Å². The molecule has 1 aromatic heterocycles. The van der Waals surface area contributed by atoms with Gasteiger partial charge in [0.15, 0.2) is 5.96 Å². The Bertz CT molecular complexity index is 690. The Balaban J connectivity index is 0.00000338. The van der Waals surface area contributed by atoms with Crippen molar-refractivity contribution in [2.45, 2.75) is 12.8 Å². The third-order valence-corrected chi connectivity index (χ3v) is 3.78. The molecule has 0 fully saturated rings. The Kier molecular flexibility index (Phi) is 9.71. The molecule has 1 unspecified atom stereocenters. The fraction of sp³-hybridized carbons (Fsp3) is 0.333. The van der Waals surface area contributed by atoms with E-state index in [0.717, 1.165) is 17.7 Å². The van der Waals surface area contributed by atoms with Crippen molar-refractivity contribution in [3.05, 3.63) is 59.8 Å². The number of hydrogen-bond donors (Lipinski definition) is 3. The van der Waals surface area contributed by atoms with Crippen LogP contribution in [0.2, 0.25) is 0 Å². The molecule has 26 heavy (non-hydrogen) atoms. The molecule has 1 aromatic carbocycles. The number of benzene rings is 1. The molecule has 142 valence electrons. The molecular formula is C18H24FIN4O2. The van der Waals surface area contributed by atoms with Gasteiger partial charge in [0.05, 0.1) is 12.2 Å². The van der Waals surface area contributed by atoms with E-state index >= 15 is 0 Å². The number of halogens is 2. The summed E-state index contributed by atoms with van der Waals surface area (Å²) in [5.74, 6) is 0.321. The number of rotatable bonds is 8. The van der Waals surface area contributed by atoms with E-state index < -0.39 is 11.8 Å². The van der Waals surface area contributed by atoms with Crippen molar-refractivity contribution < 1.29 is 13.6 Å². The SMILES string of the molecule is CN=C(NCCc1ccco1)NCC(Cc1ccc(F)cc1)C(N)=O.I. The number of amides is 1. The number of nitrogens with two attached hydrogens (primary N) is 1. The predicted molar refractivity (Wildman–Crippen MR) is 110 cm³/mol. The van der Waals surface area contributed by atoms with Gasteiger partial charge in [-0.3, -0.25) is 9.79 Å². The molecule has 0 aliphatic heterocycles. The summed E-state index contributed by atoms with van der Waals surface area (Å²) in [5.41, 5.74) is 6.34. The maximum absolute atomic E-state index is 13.0. The molecule has 0 aliphatic carbocycles. The van der Waals surface area contributed by atoms with Crippen molar-refractivity contribution in [1.82, 2.24) is 10.6 Å². The smallest absolute Gasteiger partial charge is 0.222 e. The molecule has 1 atom stereocenters. The second kappa shape index (κ2) is 11.5. The molecule has 2 aromatic rings. The molecule has 0 bridgehead atoms. The fourth-order valence-electron chi connectivity index (χ4n) is 2.38. The lowest BCUT2D eigenvalue weighted by Gasteiger charge is -2.17. The third kappa shape index (κ3) is 7.42. The van der Waals surface area contributed by atoms with Crippen molar-refractivity contribution in [2.24, 2.45) is 16.6 Å². The largest absolute Gasteiger partial charge is 0.469 e. The lowest BCUT2D eigenvalue weighted by atomic mass is 9.98. The molecule has 4 N–H and O–H groups in total. The predicted octanol–water partition coefficient (Wildman–Crippen LogP) is 2.09. The summed E-state index contributed by atoms with van der Waals surface area (Å²) in [5, 5.41) is 6.25. The molecule has 1 heterocycles. The van der Waals surface area contributed by atoms with Crippen LogP contribution in [0.25, 0.3) is 0 Å². The number of aliphatic imine (C=N–C) groups is 1. The summed E-state index contributed by atoms with van der Waals surface area (Å²) < 4.78 is 18.2. The minimum atomic E-state index is -0.422. The highest BCUT2D eigenvalue weighted by atomic mass is 127. The normalized spacial score (nSPS) is 12.2. The second-order valence-corrected chi connectivity index (χ2v) is 5.64. The van der Waals surface area contributed by atoms with E-state index in [-0.39, 0.29) is 29.8 Å². The summed E-state index contributed by atoms with van der Waals surface area (Å²) in [6.45, 7) is 0.986. The number of furan rings is 1. The van der Waals surface area contributed by atoms with Crippen LogP contribution in [0, 0.1) is 11.7 Å². The van der Waals surface area contributed by atoms with Crippen LogP contribution >= 0.6 is 24.0 Å². The Morgan fingerprint density at radius 1 is 1.27 bits per heavy atom. The summed E-state index contributed by atoms with van der Waals surface area (Å²) in [6.07, 6.45) is 2.80. The van der Waals surface area contributed by atoms with Crippen LogP contribution < -0.4 is 16.4 Å². The zero-order chi connectivity index (χ0) is 18.1.